The average Bonchev–Trinajstić information content (AvgIpc) is 3.03. The number of halogens is 3. The molecule has 0 N–H and O–H groups in total. The molecule has 1 aliphatic carbocycles. The fourth-order valence-corrected chi connectivity index (χ4v) is 7.88. The first kappa shape index (κ1) is 33.4. The maximum atomic E-state index is 2.48. The van der Waals surface area contributed by atoms with Gasteiger partial charge in [0.1, 0.15) is 0 Å². The molecule has 1 unspecified atom stereocenters. The molecular weight excluding hydrogens is 575 g/mol. The fourth-order valence-electron chi connectivity index (χ4n) is 6.74. The van der Waals surface area contributed by atoms with Crippen LogP contribution in [0.3, 0.4) is 0 Å². The Labute approximate surface area is 265 Å². The summed E-state index contributed by atoms with van der Waals surface area (Å²) < 4.78 is -0.274. The van der Waals surface area contributed by atoms with Crippen molar-refractivity contribution in [3.05, 3.63) is 146 Å². The van der Waals surface area contributed by atoms with Gasteiger partial charge in [-0.15, -0.1) is 0 Å². The van der Waals surface area contributed by atoms with E-state index in [4.69, 9.17) is 0 Å². The van der Waals surface area contributed by atoms with Gasteiger partial charge in [0.15, 0.2) is 0 Å². The Hall–Kier alpha value is -1.80. The van der Waals surface area contributed by atoms with Crippen LogP contribution in [0.5, 0.6) is 0 Å². The minimum atomic E-state index is -0.412. The van der Waals surface area contributed by atoms with Crippen molar-refractivity contribution in [3.8, 4) is 0 Å². The molecule has 4 aromatic carbocycles. The molecule has 1 atom stereocenters. The Bertz CT molecular complexity index is 1350. The van der Waals surface area contributed by atoms with Gasteiger partial charge >= 0.3 is 230 Å². The molecular formula is C35H35Cl3Ti. The maximum absolute atomic E-state index is 2.48. The zero-order valence-corrected chi connectivity index (χ0v) is 27.5. The monoisotopic (exact) mass is 608 g/mol. The van der Waals surface area contributed by atoms with Crippen molar-refractivity contribution < 1.29 is 57.7 Å². The Morgan fingerprint density at radius 2 is 0.846 bits per heavy atom. The van der Waals surface area contributed by atoms with Crippen LogP contribution in [0.2, 0.25) is 0 Å². The molecule has 0 bridgehead atoms. The summed E-state index contributed by atoms with van der Waals surface area (Å²) in [6, 6.07) is 30.5. The van der Waals surface area contributed by atoms with E-state index in [1.54, 1.807) is 0 Å². The largest absolute Gasteiger partial charge is 1.00 e. The van der Waals surface area contributed by atoms with Crippen molar-refractivity contribution in [2.75, 3.05) is 0 Å². The Kier molecular flexibility index (Phi) is 10.6. The maximum Gasteiger partial charge on any atom is -1.00 e. The molecule has 5 rings (SSSR count). The predicted octanol–water partition coefficient (Wildman–Crippen LogP) is -0.257. The van der Waals surface area contributed by atoms with Crippen LogP contribution in [0, 0.1) is 41.5 Å². The van der Waals surface area contributed by atoms with Crippen LogP contribution in [0.4, 0.5) is 0 Å². The third kappa shape index (κ3) is 5.44. The smallest absolute Gasteiger partial charge is 1.00 e. The van der Waals surface area contributed by atoms with Gasteiger partial charge in [0.05, 0.1) is 0 Å². The Morgan fingerprint density at radius 1 is 0.513 bits per heavy atom. The summed E-state index contributed by atoms with van der Waals surface area (Å²) in [6.07, 6.45) is 2.41. The van der Waals surface area contributed by atoms with E-state index >= 15 is 0 Å². The van der Waals surface area contributed by atoms with E-state index in [1.165, 1.54) is 66.8 Å². The van der Waals surface area contributed by atoms with E-state index < -0.39 is 5.41 Å². The van der Waals surface area contributed by atoms with Gasteiger partial charge < -0.3 is 37.2 Å². The van der Waals surface area contributed by atoms with Gasteiger partial charge in [-0.05, 0) is 0 Å². The summed E-state index contributed by atoms with van der Waals surface area (Å²) in [4.78, 5) is 0. The number of aryl methyl sites for hydroxylation is 6. The van der Waals surface area contributed by atoms with E-state index in [1.807, 2.05) is 0 Å². The number of hydrogen-bond acceptors (Lipinski definition) is 0. The molecule has 0 heterocycles. The van der Waals surface area contributed by atoms with Gasteiger partial charge in [0.25, 0.3) is 0 Å². The van der Waals surface area contributed by atoms with Crippen molar-refractivity contribution in [3.63, 3.8) is 0 Å². The van der Waals surface area contributed by atoms with Crippen LogP contribution in [0.25, 0.3) is 6.08 Å². The first-order valence-electron chi connectivity index (χ1n) is 12.9. The summed E-state index contributed by atoms with van der Waals surface area (Å²) in [5.74, 6) is 0. The number of benzene rings is 4. The van der Waals surface area contributed by atoms with Gasteiger partial charge in [0, 0.05) is 0 Å². The first-order valence-corrected chi connectivity index (χ1v) is 13.6. The van der Waals surface area contributed by atoms with Gasteiger partial charge in [0.2, 0.25) is 0 Å². The third-order valence-corrected chi connectivity index (χ3v) is 9.48. The molecule has 0 spiro atoms. The number of hydrogen-bond donors (Lipinski definition) is 0. The molecule has 200 valence electrons. The third-order valence-electron chi connectivity index (χ3n) is 7.85. The summed E-state index contributed by atoms with van der Waals surface area (Å²) >= 11 is 2.48. The van der Waals surface area contributed by atoms with Crippen LogP contribution >= 0.6 is 0 Å². The summed E-state index contributed by atoms with van der Waals surface area (Å²) in [5.41, 5.74) is 15.6. The average molecular weight is 610 g/mol. The van der Waals surface area contributed by atoms with Crippen LogP contribution in [-0.4, -0.2) is 0 Å². The molecule has 0 saturated heterocycles. The SMILES string of the molecule is CC1=Cc2ccccc2[C]1([Ti+3])C(c1cc(C)cc(C)c1)(c1cc(C)cc(C)c1)c1cc(C)cc(C)c1.[Cl-].[Cl-].[Cl-]. The number of rotatable bonds is 4. The number of fused-ring (bicyclic) bond motifs is 1. The molecule has 0 aromatic heterocycles. The predicted molar refractivity (Wildman–Crippen MR) is 149 cm³/mol. The van der Waals surface area contributed by atoms with E-state index in [0.29, 0.717) is 0 Å². The van der Waals surface area contributed by atoms with Crippen LogP contribution in [-0.2, 0) is 29.6 Å². The summed E-state index contributed by atoms with van der Waals surface area (Å²) in [5, 5.41) is 0. The molecule has 39 heavy (non-hydrogen) atoms. The normalized spacial score (nSPS) is 15.9. The van der Waals surface area contributed by atoms with Crippen molar-refractivity contribution in [1.82, 2.24) is 0 Å². The molecule has 4 heteroatoms. The minimum absolute atomic E-state index is 0. The second-order valence-electron chi connectivity index (χ2n) is 11.0. The topological polar surface area (TPSA) is 0 Å². The summed E-state index contributed by atoms with van der Waals surface area (Å²) in [6.45, 7) is 15.7. The van der Waals surface area contributed by atoms with E-state index in [2.05, 4.69) is 154 Å². The molecule has 4 aromatic rings. The second kappa shape index (κ2) is 12.4. The van der Waals surface area contributed by atoms with Crippen LogP contribution in [0.15, 0.2) is 84.4 Å². The molecule has 0 fully saturated rings. The molecule has 0 nitrogen and oxygen atoms in total. The zero-order chi connectivity index (χ0) is 25.8. The Balaban J connectivity index is 0.00000178. The van der Waals surface area contributed by atoms with E-state index in [9.17, 15) is 0 Å². The minimum Gasteiger partial charge on any atom is -1.00 e. The van der Waals surface area contributed by atoms with Gasteiger partial charge in [-0.2, -0.15) is 0 Å². The quantitative estimate of drug-likeness (QED) is 0.221. The van der Waals surface area contributed by atoms with E-state index in [-0.39, 0.29) is 40.9 Å². The van der Waals surface area contributed by atoms with Gasteiger partial charge in [-0.1, -0.05) is 0 Å². The molecule has 0 aliphatic heterocycles. The Morgan fingerprint density at radius 3 is 1.21 bits per heavy atom. The van der Waals surface area contributed by atoms with Crippen LogP contribution < -0.4 is 37.2 Å². The number of allylic oxidation sites excluding steroid dienone is 1. The van der Waals surface area contributed by atoms with Crippen molar-refractivity contribution in [2.45, 2.75) is 57.6 Å². The van der Waals surface area contributed by atoms with Gasteiger partial charge in [-0.25, -0.2) is 0 Å². The molecule has 0 amide bonds. The van der Waals surface area contributed by atoms with Crippen molar-refractivity contribution in [2.24, 2.45) is 0 Å². The zero-order valence-electron chi connectivity index (χ0n) is 23.7. The molecule has 0 radical (unpaired) electrons. The molecule has 1 aliphatic rings. The second-order valence-corrected chi connectivity index (χ2v) is 12.2. The standard InChI is InChI=1S/C35H35.3ClH.Ti/c1-22-12-23(2)16-30(15-22)35(31-17-24(3)13-25(4)18-31,32-19-26(5)14-27(6)20-32)34-28(7)21-29-10-8-9-11-33(29)34;;;;/h8-21H,1-7H3;3*1H;/q;;;;+3/p-3. The van der Waals surface area contributed by atoms with Crippen molar-refractivity contribution in [1.29, 1.82) is 0 Å². The summed E-state index contributed by atoms with van der Waals surface area (Å²) in [7, 11) is 0. The molecule has 0 saturated carbocycles. The van der Waals surface area contributed by atoms with Gasteiger partial charge in [-0.3, -0.25) is 0 Å². The van der Waals surface area contributed by atoms with E-state index in [0.717, 1.165) is 0 Å². The van der Waals surface area contributed by atoms with Crippen molar-refractivity contribution >= 4 is 6.08 Å². The van der Waals surface area contributed by atoms with Crippen LogP contribution in [0.1, 0.15) is 68.1 Å². The fraction of sp³-hybridized carbons (Fsp3) is 0.257. The first-order chi connectivity index (χ1) is 17.0.